The molecule has 0 bridgehead atoms. The maximum absolute atomic E-state index is 13.1. The van der Waals surface area contributed by atoms with Crippen molar-refractivity contribution < 1.29 is 4.79 Å². The quantitative estimate of drug-likeness (QED) is 0.575. The predicted molar refractivity (Wildman–Crippen MR) is 113 cm³/mol. The van der Waals surface area contributed by atoms with Gasteiger partial charge in [0.1, 0.15) is 0 Å². The molecule has 0 aliphatic carbocycles. The van der Waals surface area contributed by atoms with Gasteiger partial charge in [-0.05, 0) is 55.6 Å². The number of benzene rings is 1. The number of rotatable bonds is 7. The van der Waals surface area contributed by atoms with E-state index in [1.54, 1.807) is 11.3 Å². The number of aromatic nitrogens is 1. The summed E-state index contributed by atoms with van der Waals surface area (Å²) in [5.74, 6) is 0.0422. The van der Waals surface area contributed by atoms with Gasteiger partial charge < -0.3 is 4.90 Å². The van der Waals surface area contributed by atoms with Crippen LogP contribution < -0.4 is 4.90 Å². The maximum atomic E-state index is 13.1. The Bertz CT molecular complexity index is 882. The normalized spacial score (nSPS) is 11.4. The molecular weight excluding hydrogens is 362 g/mol. The summed E-state index contributed by atoms with van der Waals surface area (Å²) in [5.41, 5.74) is 3.40. The van der Waals surface area contributed by atoms with Crippen molar-refractivity contribution in [2.75, 3.05) is 31.1 Å². The standard InChI is InChI=1S/C20H25N3OS2/c1-5-22(6-2)9-10-23(19(24)17-8-7-11-25-17)20-21-16-13-14(3)12-15(4)18(16)26-20/h7-8,11-13H,5-6,9-10H2,1-4H3. The highest BCUT2D eigenvalue weighted by Gasteiger charge is 2.23. The summed E-state index contributed by atoms with van der Waals surface area (Å²) < 4.78 is 1.16. The molecule has 1 aromatic carbocycles. The van der Waals surface area contributed by atoms with E-state index < -0.39 is 0 Å². The molecule has 0 unspecified atom stereocenters. The number of hydrogen-bond donors (Lipinski definition) is 0. The van der Waals surface area contributed by atoms with Crippen molar-refractivity contribution in [3.05, 3.63) is 45.6 Å². The van der Waals surface area contributed by atoms with E-state index in [-0.39, 0.29) is 5.91 Å². The molecule has 138 valence electrons. The fourth-order valence-electron chi connectivity index (χ4n) is 3.08. The Morgan fingerprint density at radius 3 is 2.58 bits per heavy atom. The largest absolute Gasteiger partial charge is 0.302 e. The van der Waals surface area contributed by atoms with Crippen LogP contribution in [0, 0.1) is 13.8 Å². The lowest BCUT2D eigenvalue weighted by atomic mass is 10.1. The lowest BCUT2D eigenvalue weighted by Crippen LogP contribution is -2.38. The van der Waals surface area contributed by atoms with Gasteiger partial charge in [0.05, 0.1) is 15.1 Å². The molecule has 0 atom stereocenters. The highest BCUT2D eigenvalue weighted by Crippen LogP contribution is 2.33. The number of amides is 1. The molecule has 2 aromatic heterocycles. The van der Waals surface area contributed by atoms with Crippen molar-refractivity contribution >= 4 is 43.9 Å². The third kappa shape index (κ3) is 3.98. The molecule has 3 aromatic rings. The van der Waals surface area contributed by atoms with Crippen LogP contribution in [0.2, 0.25) is 0 Å². The Morgan fingerprint density at radius 1 is 1.15 bits per heavy atom. The van der Waals surface area contributed by atoms with E-state index in [9.17, 15) is 4.79 Å². The number of carbonyl (C=O) groups excluding carboxylic acids is 1. The Morgan fingerprint density at radius 2 is 1.92 bits per heavy atom. The second-order valence-electron chi connectivity index (χ2n) is 6.39. The van der Waals surface area contributed by atoms with Gasteiger partial charge in [0.2, 0.25) is 0 Å². The molecule has 0 radical (unpaired) electrons. The van der Waals surface area contributed by atoms with Gasteiger partial charge in [-0.2, -0.15) is 0 Å². The third-order valence-electron chi connectivity index (χ3n) is 4.55. The zero-order valence-electron chi connectivity index (χ0n) is 15.8. The minimum absolute atomic E-state index is 0.0422. The van der Waals surface area contributed by atoms with Crippen LogP contribution in [0.5, 0.6) is 0 Å². The zero-order valence-corrected chi connectivity index (χ0v) is 17.4. The molecule has 26 heavy (non-hydrogen) atoms. The van der Waals surface area contributed by atoms with Crippen LogP contribution in [0.1, 0.15) is 34.6 Å². The highest BCUT2D eigenvalue weighted by molar-refractivity contribution is 7.22. The van der Waals surface area contributed by atoms with Crippen molar-refractivity contribution in [3.63, 3.8) is 0 Å². The second kappa shape index (κ2) is 8.29. The molecule has 0 saturated carbocycles. The minimum atomic E-state index is 0.0422. The average molecular weight is 388 g/mol. The number of carbonyl (C=O) groups is 1. The first-order valence-electron chi connectivity index (χ1n) is 8.99. The lowest BCUT2D eigenvalue weighted by molar-refractivity contribution is 0.0987. The van der Waals surface area contributed by atoms with Gasteiger partial charge in [-0.15, -0.1) is 11.3 Å². The molecule has 0 saturated heterocycles. The van der Waals surface area contributed by atoms with Gasteiger partial charge in [0.25, 0.3) is 5.91 Å². The van der Waals surface area contributed by atoms with Crippen LogP contribution in [0.25, 0.3) is 10.2 Å². The molecule has 0 fully saturated rings. The summed E-state index contributed by atoms with van der Waals surface area (Å²) in [5, 5.41) is 2.74. The number of likely N-dealkylation sites (N-methyl/N-ethyl adjacent to an activating group) is 1. The highest BCUT2D eigenvalue weighted by atomic mass is 32.1. The van der Waals surface area contributed by atoms with E-state index in [0.717, 1.165) is 39.9 Å². The van der Waals surface area contributed by atoms with Crippen molar-refractivity contribution in [2.45, 2.75) is 27.7 Å². The monoisotopic (exact) mass is 387 g/mol. The zero-order chi connectivity index (χ0) is 18.7. The van der Waals surface area contributed by atoms with Crippen molar-refractivity contribution in [2.24, 2.45) is 0 Å². The van der Waals surface area contributed by atoms with Gasteiger partial charge in [-0.3, -0.25) is 9.69 Å². The van der Waals surface area contributed by atoms with Gasteiger partial charge in [0, 0.05) is 13.1 Å². The van der Waals surface area contributed by atoms with Crippen LogP contribution in [0.4, 0.5) is 5.13 Å². The Balaban J connectivity index is 1.96. The average Bonchev–Trinajstić information content (AvgIpc) is 3.28. The number of nitrogens with zero attached hydrogens (tertiary/aromatic N) is 3. The minimum Gasteiger partial charge on any atom is -0.302 e. The summed E-state index contributed by atoms with van der Waals surface area (Å²) in [6.45, 7) is 12.0. The SMILES string of the molecule is CCN(CC)CCN(C(=O)c1cccs1)c1nc2cc(C)cc(C)c2s1. The molecule has 3 rings (SSSR count). The molecule has 0 aliphatic heterocycles. The summed E-state index contributed by atoms with van der Waals surface area (Å²) >= 11 is 3.10. The van der Waals surface area contributed by atoms with Crippen molar-refractivity contribution in [3.8, 4) is 0 Å². The van der Waals surface area contributed by atoms with Crippen LogP contribution in [-0.4, -0.2) is 42.0 Å². The van der Waals surface area contributed by atoms with Gasteiger partial charge in [-0.25, -0.2) is 4.98 Å². The predicted octanol–water partition coefficient (Wildman–Crippen LogP) is 4.96. The smallest absolute Gasteiger partial charge is 0.270 e. The van der Waals surface area contributed by atoms with E-state index in [1.807, 2.05) is 22.4 Å². The summed E-state index contributed by atoms with van der Waals surface area (Å²) in [4.78, 5) is 22.9. The third-order valence-corrected chi connectivity index (χ3v) is 6.64. The van der Waals surface area contributed by atoms with Crippen LogP contribution in [0.3, 0.4) is 0 Å². The fraction of sp³-hybridized carbons (Fsp3) is 0.400. The summed E-state index contributed by atoms with van der Waals surface area (Å²) in [6.07, 6.45) is 0. The van der Waals surface area contributed by atoms with E-state index in [4.69, 9.17) is 4.98 Å². The molecular formula is C20H25N3OS2. The van der Waals surface area contributed by atoms with Crippen molar-refractivity contribution in [1.29, 1.82) is 0 Å². The molecule has 4 nitrogen and oxygen atoms in total. The summed E-state index contributed by atoms with van der Waals surface area (Å²) in [7, 11) is 0. The number of thiazole rings is 1. The number of thiophene rings is 1. The molecule has 0 N–H and O–H groups in total. The number of hydrogen-bond acceptors (Lipinski definition) is 5. The molecule has 6 heteroatoms. The maximum Gasteiger partial charge on any atom is 0.270 e. The fourth-order valence-corrected chi connectivity index (χ4v) is 4.79. The Kier molecular flexibility index (Phi) is 6.06. The van der Waals surface area contributed by atoms with Gasteiger partial charge >= 0.3 is 0 Å². The van der Waals surface area contributed by atoms with Crippen LogP contribution >= 0.6 is 22.7 Å². The second-order valence-corrected chi connectivity index (χ2v) is 8.31. The molecule has 2 heterocycles. The Hall–Kier alpha value is -1.76. The topological polar surface area (TPSA) is 36.4 Å². The van der Waals surface area contributed by atoms with Crippen molar-refractivity contribution in [1.82, 2.24) is 9.88 Å². The van der Waals surface area contributed by atoms with E-state index >= 15 is 0 Å². The van der Waals surface area contributed by atoms with E-state index in [0.29, 0.717) is 6.54 Å². The molecule has 1 amide bonds. The first kappa shape index (κ1) is 19.0. The lowest BCUT2D eigenvalue weighted by Gasteiger charge is -2.24. The number of anilines is 1. The van der Waals surface area contributed by atoms with Crippen LogP contribution in [0.15, 0.2) is 29.6 Å². The first-order chi connectivity index (χ1) is 12.5. The van der Waals surface area contributed by atoms with Crippen LogP contribution in [-0.2, 0) is 0 Å². The summed E-state index contributed by atoms with van der Waals surface area (Å²) in [6, 6.07) is 8.08. The molecule has 0 spiro atoms. The van der Waals surface area contributed by atoms with E-state index in [2.05, 4.69) is 44.7 Å². The first-order valence-corrected chi connectivity index (χ1v) is 10.7. The van der Waals surface area contributed by atoms with E-state index in [1.165, 1.54) is 22.5 Å². The van der Waals surface area contributed by atoms with Gasteiger partial charge in [-0.1, -0.05) is 37.3 Å². The number of fused-ring (bicyclic) bond motifs is 1. The number of aryl methyl sites for hydroxylation is 2. The molecule has 0 aliphatic rings. The Labute approximate surface area is 163 Å². The van der Waals surface area contributed by atoms with Gasteiger partial charge in [0.15, 0.2) is 5.13 Å².